The Kier molecular flexibility index (Phi) is 5.16. The number of fused-ring (bicyclic) bond motifs is 2. The summed E-state index contributed by atoms with van der Waals surface area (Å²) in [4.78, 5) is 16.6. The van der Waals surface area contributed by atoms with E-state index in [-0.39, 0.29) is 4.34 Å². The topological polar surface area (TPSA) is 124 Å². The lowest BCUT2D eigenvalue weighted by Gasteiger charge is -2.16. The van der Waals surface area contributed by atoms with Crippen LogP contribution in [0, 0.1) is 4.78 Å². The minimum Gasteiger partial charge on any atom is -0.307 e. The van der Waals surface area contributed by atoms with E-state index in [1.54, 1.807) is 0 Å². The van der Waals surface area contributed by atoms with E-state index >= 15 is 0 Å². The van der Waals surface area contributed by atoms with Gasteiger partial charge < -0.3 is 5.32 Å². The Balaban J connectivity index is 1.56. The normalized spacial score (nSPS) is 17.3. The van der Waals surface area contributed by atoms with Crippen molar-refractivity contribution in [2.24, 2.45) is 4.36 Å². The fourth-order valence-corrected chi connectivity index (χ4v) is 6.93. The first kappa shape index (κ1) is 20.3. The molecule has 1 aromatic heterocycles. The number of rotatable bonds is 4. The van der Waals surface area contributed by atoms with Gasteiger partial charge >= 0.3 is 6.03 Å². The van der Waals surface area contributed by atoms with E-state index in [0.717, 1.165) is 66.7 Å². The number of amides is 2. The summed E-state index contributed by atoms with van der Waals surface area (Å²) >= 11 is 0.893. The second kappa shape index (κ2) is 7.37. The Morgan fingerprint density at radius 1 is 1.14 bits per heavy atom. The molecule has 0 spiro atoms. The van der Waals surface area contributed by atoms with Crippen molar-refractivity contribution < 1.29 is 13.2 Å². The van der Waals surface area contributed by atoms with Crippen LogP contribution >= 0.6 is 11.3 Å². The van der Waals surface area contributed by atoms with Crippen LogP contribution in [0.5, 0.6) is 0 Å². The first-order chi connectivity index (χ1) is 13.6. The van der Waals surface area contributed by atoms with E-state index < -0.39 is 25.7 Å². The number of aryl methyl sites for hydroxylation is 2. The maximum Gasteiger partial charge on any atom is 0.332 e. The molecule has 0 saturated carbocycles. The van der Waals surface area contributed by atoms with Crippen LogP contribution in [0.1, 0.15) is 35.1 Å². The van der Waals surface area contributed by atoms with Gasteiger partial charge in [-0.2, -0.15) is 4.36 Å². The Labute approximate surface area is 174 Å². The molecular formula is C18H23N5O3S3. The highest BCUT2D eigenvalue weighted by Crippen LogP contribution is 2.38. The smallest absolute Gasteiger partial charge is 0.307 e. The van der Waals surface area contributed by atoms with Gasteiger partial charge in [-0.15, -0.1) is 0 Å². The van der Waals surface area contributed by atoms with Gasteiger partial charge in [0.05, 0.1) is 6.20 Å². The second-order valence-corrected chi connectivity index (χ2v) is 13.1. The molecule has 29 heavy (non-hydrogen) atoms. The molecule has 0 bridgehead atoms. The van der Waals surface area contributed by atoms with Gasteiger partial charge in [-0.25, -0.2) is 27.7 Å². The highest BCUT2D eigenvalue weighted by Gasteiger charge is 2.26. The molecule has 0 saturated heterocycles. The molecule has 1 heterocycles. The van der Waals surface area contributed by atoms with Crippen molar-refractivity contribution in [3.05, 3.63) is 34.5 Å². The largest absolute Gasteiger partial charge is 0.332 e. The number of nitrogens with one attached hydrogen (secondary N) is 3. The molecule has 0 unspecified atom stereocenters. The minimum absolute atomic E-state index is 0.0708. The molecule has 1 atom stereocenters. The van der Waals surface area contributed by atoms with Gasteiger partial charge in [0.2, 0.25) is 4.34 Å². The van der Waals surface area contributed by atoms with Crippen LogP contribution in [0.15, 0.2) is 21.0 Å². The Morgan fingerprint density at radius 3 is 2.34 bits per heavy atom. The van der Waals surface area contributed by atoms with Crippen molar-refractivity contribution in [3.63, 3.8) is 0 Å². The van der Waals surface area contributed by atoms with Crippen LogP contribution in [0.25, 0.3) is 0 Å². The number of thiazole rings is 1. The highest BCUT2D eigenvalue weighted by atomic mass is 32.2. The van der Waals surface area contributed by atoms with Crippen molar-refractivity contribution in [2.75, 3.05) is 17.8 Å². The molecular weight excluding hydrogens is 430 g/mol. The van der Waals surface area contributed by atoms with E-state index in [4.69, 9.17) is 4.78 Å². The number of hydrogen-bond acceptors (Lipinski definition) is 7. The van der Waals surface area contributed by atoms with Gasteiger partial charge in [0.15, 0.2) is 9.92 Å². The van der Waals surface area contributed by atoms with Gasteiger partial charge in [-0.3, -0.25) is 0 Å². The predicted octanol–water partition coefficient (Wildman–Crippen LogP) is 3.62. The third-order valence-corrected chi connectivity index (χ3v) is 8.44. The predicted molar refractivity (Wildman–Crippen MR) is 116 cm³/mol. The quantitative estimate of drug-likeness (QED) is 0.654. The lowest BCUT2D eigenvalue weighted by atomic mass is 9.99. The Bertz CT molecular complexity index is 1180. The molecule has 2 aliphatic carbocycles. The second-order valence-electron chi connectivity index (χ2n) is 7.58. The first-order valence-electron chi connectivity index (χ1n) is 9.29. The summed E-state index contributed by atoms with van der Waals surface area (Å²) in [5.74, 6) is 0. The molecule has 2 aliphatic rings. The summed E-state index contributed by atoms with van der Waals surface area (Å²) in [5, 5.41) is 3.19. The van der Waals surface area contributed by atoms with E-state index in [1.165, 1.54) is 29.8 Å². The average molecular weight is 454 g/mol. The van der Waals surface area contributed by atoms with Crippen LogP contribution in [-0.4, -0.2) is 31.9 Å². The lowest BCUT2D eigenvalue weighted by molar-refractivity contribution is 0.256. The summed E-state index contributed by atoms with van der Waals surface area (Å²) in [6.45, 7) is 0. The summed E-state index contributed by atoms with van der Waals surface area (Å²) in [6.07, 6.45) is 10.3. The maximum atomic E-state index is 12.8. The van der Waals surface area contributed by atoms with E-state index in [9.17, 15) is 13.2 Å². The van der Waals surface area contributed by atoms with Crippen molar-refractivity contribution in [3.8, 4) is 0 Å². The molecule has 3 N–H and O–H groups in total. The van der Waals surface area contributed by atoms with Gasteiger partial charge in [0.25, 0.3) is 0 Å². The standard InChI is InChI=1S/C18H23N5O3S3/c1-28(2,25)22-15-10-20-18(27-15)29(19,26)23-17(24)21-16-13-7-3-5-11(13)9-12-6-4-8-14(12)16/h9-10H,3-8H2,1-2H3,(H3,19,21,23,24,26)/t29-/m1/s1. The number of benzene rings is 1. The lowest BCUT2D eigenvalue weighted by Crippen LogP contribution is -2.34. The number of urea groups is 1. The summed E-state index contributed by atoms with van der Waals surface area (Å²) < 4.78 is 38.9. The first-order valence-corrected chi connectivity index (χ1v) is 14.0. The van der Waals surface area contributed by atoms with E-state index in [2.05, 4.69) is 25.5 Å². The molecule has 0 aliphatic heterocycles. The highest BCUT2D eigenvalue weighted by molar-refractivity contribution is 7.93. The minimum atomic E-state index is -3.65. The SMILES string of the molecule is CS(C)(=O)=Nc1cnc([S@](=N)(=O)NC(=O)Nc2c3c(cc4c2CCC4)CCC3)s1. The maximum absolute atomic E-state index is 12.8. The molecule has 0 fully saturated rings. The number of nitrogens with zero attached hydrogens (tertiary/aromatic N) is 2. The van der Waals surface area contributed by atoms with Crippen molar-refractivity contribution in [1.29, 1.82) is 4.78 Å². The number of carbonyl (C=O) groups is 1. The number of carbonyl (C=O) groups excluding carboxylic acids is 1. The molecule has 0 radical (unpaired) electrons. The zero-order valence-electron chi connectivity index (χ0n) is 16.2. The van der Waals surface area contributed by atoms with E-state index in [0.29, 0.717) is 5.00 Å². The van der Waals surface area contributed by atoms with Crippen LogP contribution in [0.3, 0.4) is 0 Å². The average Bonchev–Trinajstić information content (AvgIpc) is 3.31. The molecule has 156 valence electrons. The Morgan fingerprint density at radius 2 is 1.76 bits per heavy atom. The fourth-order valence-electron chi connectivity index (χ4n) is 3.92. The molecule has 2 amide bonds. The molecule has 11 heteroatoms. The summed E-state index contributed by atoms with van der Waals surface area (Å²) in [7, 11) is -6.04. The van der Waals surface area contributed by atoms with Crippen LogP contribution in [0.4, 0.5) is 15.5 Å². The van der Waals surface area contributed by atoms with Gasteiger partial charge in [-0.05, 0) is 60.8 Å². The van der Waals surface area contributed by atoms with Gasteiger partial charge in [0.1, 0.15) is 5.00 Å². The van der Waals surface area contributed by atoms with Gasteiger partial charge in [-0.1, -0.05) is 17.4 Å². The number of hydrogen-bond donors (Lipinski definition) is 3. The number of aromatic nitrogens is 1. The van der Waals surface area contributed by atoms with E-state index in [1.807, 2.05) is 0 Å². The zero-order chi connectivity index (χ0) is 20.8. The third kappa shape index (κ3) is 4.31. The van der Waals surface area contributed by atoms with Crippen molar-refractivity contribution in [1.82, 2.24) is 9.71 Å². The van der Waals surface area contributed by atoms with Crippen LogP contribution < -0.4 is 10.0 Å². The number of anilines is 1. The van der Waals surface area contributed by atoms with Gasteiger partial charge in [0, 0.05) is 27.9 Å². The molecule has 2 aromatic rings. The van der Waals surface area contributed by atoms with Crippen LogP contribution in [0.2, 0.25) is 0 Å². The fraction of sp³-hybridized carbons (Fsp3) is 0.444. The summed E-state index contributed by atoms with van der Waals surface area (Å²) in [5.41, 5.74) is 5.70. The molecule has 1 aromatic carbocycles. The molecule has 8 nitrogen and oxygen atoms in total. The molecule has 4 rings (SSSR count). The van der Waals surface area contributed by atoms with Crippen molar-refractivity contribution in [2.45, 2.75) is 42.9 Å². The monoisotopic (exact) mass is 453 g/mol. The zero-order valence-corrected chi connectivity index (χ0v) is 18.7. The van der Waals surface area contributed by atoms with Crippen molar-refractivity contribution >= 4 is 47.7 Å². The summed E-state index contributed by atoms with van der Waals surface area (Å²) in [6, 6.07) is 1.59. The third-order valence-electron chi connectivity index (χ3n) is 4.98. The Hall–Kier alpha value is -1.98. The van der Waals surface area contributed by atoms with Crippen LogP contribution in [-0.2, 0) is 45.3 Å².